The van der Waals surface area contributed by atoms with Crippen LogP contribution in [-0.2, 0) is 11.2 Å². The van der Waals surface area contributed by atoms with Gasteiger partial charge in [-0.05, 0) is 32.1 Å². The predicted octanol–water partition coefficient (Wildman–Crippen LogP) is 1.32. The van der Waals surface area contributed by atoms with Gasteiger partial charge in [0.2, 0.25) is 5.91 Å². The van der Waals surface area contributed by atoms with Crippen LogP contribution >= 0.6 is 0 Å². The number of nitrogens with one attached hydrogen (secondary N) is 1. The zero-order valence-electron chi connectivity index (χ0n) is 11.7. The lowest BCUT2D eigenvalue weighted by Gasteiger charge is -2.28. The van der Waals surface area contributed by atoms with Gasteiger partial charge in [0.05, 0.1) is 18.1 Å². The van der Waals surface area contributed by atoms with Crippen molar-refractivity contribution >= 4 is 17.4 Å². The molecular weight excluding hydrogens is 256 g/mol. The number of benzene rings is 1. The van der Waals surface area contributed by atoms with Crippen LogP contribution in [0.4, 0.5) is 5.69 Å². The van der Waals surface area contributed by atoms with Crippen molar-refractivity contribution in [3.8, 4) is 5.75 Å². The standard InChI is InChI=1S/C15H18N2O3/c1-17(2)7-10-8-20-13-6-12-9(3-4-14(18)16-12)5-11(13)15(10)19/h5-6,10H,3-4,7-8H2,1-2H3,(H,16,18). The Balaban J connectivity index is 1.93. The third kappa shape index (κ3) is 2.29. The fraction of sp³-hybridized carbons (Fsp3) is 0.467. The highest BCUT2D eigenvalue weighted by molar-refractivity contribution is 6.03. The van der Waals surface area contributed by atoms with Crippen LogP contribution in [0.3, 0.4) is 0 Å². The minimum absolute atomic E-state index is 0.0186. The molecule has 106 valence electrons. The van der Waals surface area contributed by atoms with Gasteiger partial charge < -0.3 is 15.0 Å². The number of hydrogen-bond acceptors (Lipinski definition) is 4. The van der Waals surface area contributed by atoms with Crippen LogP contribution in [0.15, 0.2) is 12.1 Å². The van der Waals surface area contributed by atoms with Gasteiger partial charge in [0.15, 0.2) is 5.78 Å². The minimum Gasteiger partial charge on any atom is -0.492 e. The van der Waals surface area contributed by atoms with Gasteiger partial charge in [-0.15, -0.1) is 0 Å². The smallest absolute Gasteiger partial charge is 0.224 e. The van der Waals surface area contributed by atoms with E-state index in [2.05, 4.69) is 5.32 Å². The van der Waals surface area contributed by atoms with Crippen molar-refractivity contribution < 1.29 is 14.3 Å². The highest BCUT2D eigenvalue weighted by Gasteiger charge is 2.31. The van der Waals surface area contributed by atoms with Gasteiger partial charge in [-0.1, -0.05) is 0 Å². The second kappa shape index (κ2) is 4.90. The molecule has 1 unspecified atom stereocenters. The molecule has 20 heavy (non-hydrogen) atoms. The third-order valence-electron chi connectivity index (χ3n) is 3.76. The van der Waals surface area contributed by atoms with Crippen molar-refractivity contribution in [1.29, 1.82) is 0 Å². The van der Waals surface area contributed by atoms with Crippen LogP contribution in [-0.4, -0.2) is 43.8 Å². The number of carbonyl (C=O) groups excluding carboxylic acids is 2. The Morgan fingerprint density at radius 3 is 2.85 bits per heavy atom. The molecule has 2 heterocycles. The van der Waals surface area contributed by atoms with Crippen LogP contribution < -0.4 is 10.1 Å². The number of anilines is 1. The maximum atomic E-state index is 12.5. The second-order valence-corrected chi connectivity index (χ2v) is 5.69. The van der Waals surface area contributed by atoms with E-state index >= 15 is 0 Å². The van der Waals surface area contributed by atoms with Crippen molar-refractivity contribution in [2.24, 2.45) is 5.92 Å². The molecular formula is C15H18N2O3. The number of amides is 1. The summed E-state index contributed by atoms with van der Waals surface area (Å²) in [5.41, 5.74) is 2.45. The molecule has 5 nitrogen and oxygen atoms in total. The summed E-state index contributed by atoms with van der Waals surface area (Å²) in [5, 5.41) is 2.83. The largest absolute Gasteiger partial charge is 0.492 e. The molecule has 0 fully saturated rings. The molecule has 3 rings (SSSR count). The molecule has 5 heteroatoms. The molecule has 2 aliphatic heterocycles. The summed E-state index contributed by atoms with van der Waals surface area (Å²) < 4.78 is 5.71. The molecule has 0 aliphatic carbocycles. The van der Waals surface area contributed by atoms with E-state index in [-0.39, 0.29) is 17.6 Å². The SMILES string of the molecule is CN(C)CC1COc2cc3c(cc2C1=O)CCC(=O)N3. The zero-order chi connectivity index (χ0) is 14.3. The number of nitrogens with zero attached hydrogens (tertiary/aromatic N) is 1. The average Bonchev–Trinajstić information content (AvgIpc) is 2.40. The van der Waals surface area contributed by atoms with Crippen molar-refractivity contribution in [3.63, 3.8) is 0 Å². The van der Waals surface area contributed by atoms with Crippen molar-refractivity contribution in [2.45, 2.75) is 12.8 Å². The van der Waals surface area contributed by atoms with Gasteiger partial charge in [0, 0.05) is 24.7 Å². The Labute approximate surface area is 117 Å². The monoisotopic (exact) mass is 274 g/mol. The fourth-order valence-corrected chi connectivity index (χ4v) is 2.78. The number of ether oxygens (including phenoxy) is 1. The lowest BCUT2D eigenvalue weighted by atomic mass is 9.91. The maximum Gasteiger partial charge on any atom is 0.224 e. The fourth-order valence-electron chi connectivity index (χ4n) is 2.78. The normalized spacial score (nSPS) is 21.1. The van der Waals surface area contributed by atoms with E-state index in [1.165, 1.54) is 0 Å². The van der Waals surface area contributed by atoms with Gasteiger partial charge in [0.25, 0.3) is 0 Å². The predicted molar refractivity (Wildman–Crippen MR) is 75.3 cm³/mol. The van der Waals surface area contributed by atoms with E-state index in [1.807, 2.05) is 25.1 Å². The summed E-state index contributed by atoms with van der Waals surface area (Å²) in [5.74, 6) is 0.629. The number of hydrogen-bond donors (Lipinski definition) is 1. The molecule has 0 spiro atoms. The summed E-state index contributed by atoms with van der Waals surface area (Å²) in [6.07, 6.45) is 1.15. The number of Topliss-reactive ketones (excluding diaryl/α,β-unsaturated/α-hetero) is 1. The maximum absolute atomic E-state index is 12.5. The molecule has 1 aromatic carbocycles. The first-order valence-corrected chi connectivity index (χ1v) is 6.83. The summed E-state index contributed by atoms with van der Waals surface area (Å²) in [4.78, 5) is 25.9. The highest BCUT2D eigenvalue weighted by atomic mass is 16.5. The Bertz CT molecular complexity index is 581. The molecule has 1 N–H and O–H groups in total. The Kier molecular flexibility index (Phi) is 3.22. The van der Waals surface area contributed by atoms with Crippen LogP contribution in [0.25, 0.3) is 0 Å². The molecule has 0 saturated carbocycles. The van der Waals surface area contributed by atoms with Crippen molar-refractivity contribution in [1.82, 2.24) is 4.90 Å². The van der Waals surface area contributed by atoms with Crippen LogP contribution in [0.5, 0.6) is 5.75 Å². The van der Waals surface area contributed by atoms with Gasteiger partial charge in [-0.3, -0.25) is 9.59 Å². The first-order chi connectivity index (χ1) is 9.54. The number of fused-ring (bicyclic) bond motifs is 2. The molecule has 1 amide bonds. The number of rotatable bonds is 2. The molecule has 0 saturated heterocycles. The number of ketones is 1. The molecule has 1 atom stereocenters. The van der Waals surface area contributed by atoms with Gasteiger partial charge in [0.1, 0.15) is 5.75 Å². The molecule has 2 aliphatic rings. The van der Waals surface area contributed by atoms with E-state index in [4.69, 9.17) is 4.74 Å². The van der Waals surface area contributed by atoms with Gasteiger partial charge in [-0.25, -0.2) is 0 Å². The zero-order valence-corrected chi connectivity index (χ0v) is 11.7. The first-order valence-electron chi connectivity index (χ1n) is 6.83. The van der Waals surface area contributed by atoms with Gasteiger partial charge >= 0.3 is 0 Å². The van der Waals surface area contributed by atoms with Gasteiger partial charge in [-0.2, -0.15) is 0 Å². The molecule has 0 aromatic heterocycles. The first kappa shape index (κ1) is 13.1. The summed E-state index contributed by atoms with van der Waals surface area (Å²) >= 11 is 0. The Morgan fingerprint density at radius 1 is 1.30 bits per heavy atom. The van der Waals surface area contributed by atoms with E-state index in [9.17, 15) is 9.59 Å². The lowest BCUT2D eigenvalue weighted by molar-refractivity contribution is -0.116. The highest BCUT2D eigenvalue weighted by Crippen LogP contribution is 2.35. The van der Waals surface area contributed by atoms with E-state index in [0.29, 0.717) is 37.3 Å². The topological polar surface area (TPSA) is 58.6 Å². The van der Waals surface area contributed by atoms with Crippen LogP contribution in [0.1, 0.15) is 22.3 Å². The van der Waals surface area contributed by atoms with Crippen molar-refractivity contribution in [3.05, 3.63) is 23.3 Å². The quantitative estimate of drug-likeness (QED) is 0.883. The van der Waals surface area contributed by atoms with E-state index < -0.39 is 0 Å². The minimum atomic E-state index is -0.117. The summed E-state index contributed by atoms with van der Waals surface area (Å²) in [7, 11) is 3.90. The van der Waals surface area contributed by atoms with E-state index in [0.717, 1.165) is 11.3 Å². The second-order valence-electron chi connectivity index (χ2n) is 5.69. The molecule has 1 aromatic rings. The lowest BCUT2D eigenvalue weighted by Crippen LogP contribution is -2.36. The molecule has 0 radical (unpaired) electrons. The van der Waals surface area contributed by atoms with E-state index in [1.54, 1.807) is 6.07 Å². The van der Waals surface area contributed by atoms with Crippen molar-refractivity contribution in [2.75, 3.05) is 32.6 Å². The summed E-state index contributed by atoms with van der Waals surface area (Å²) in [6, 6.07) is 3.67. The van der Waals surface area contributed by atoms with Crippen LogP contribution in [0.2, 0.25) is 0 Å². The average molecular weight is 274 g/mol. The number of carbonyl (C=O) groups is 2. The Hall–Kier alpha value is -1.88. The number of aryl methyl sites for hydroxylation is 1. The molecule has 0 bridgehead atoms. The third-order valence-corrected chi connectivity index (χ3v) is 3.76. The van der Waals surface area contributed by atoms with Crippen LogP contribution in [0, 0.1) is 5.92 Å². The Morgan fingerprint density at radius 2 is 2.10 bits per heavy atom. The summed E-state index contributed by atoms with van der Waals surface area (Å²) in [6.45, 7) is 1.09.